The molecule has 0 amide bonds. The molecule has 0 aliphatic carbocycles. The Bertz CT molecular complexity index is 2330. The maximum Gasteiger partial charge on any atom is 0.119 e. The molecule has 1 aromatic carbocycles. The van der Waals surface area contributed by atoms with Crippen molar-refractivity contribution in [2.45, 2.75) is 55.4 Å². The third kappa shape index (κ3) is 4.94. The predicted molar refractivity (Wildman–Crippen MR) is 214 cm³/mol. The van der Waals surface area contributed by atoms with Gasteiger partial charge in [0.05, 0.1) is 27.5 Å². The lowest BCUT2D eigenvalue weighted by Crippen LogP contribution is -1.97. The third-order valence-electron chi connectivity index (χ3n) is 8.94. The highest BCUT2D eigenvalue weighted by Crippen LogP contribution is 2.58. The molecular weight excluding hydrogens is 691 g/mol. The lowest BCUT2D eigenvalue weighted by molar-refractivity contribution is 0.415. The van der Waals surface area contributed by atoms with E-state index in [2.05, 4.69) is 108 Å². The number of methoxy groups -OCH3 is 1. The fourth-order valence-corrected chi connectivity index (χ4v) is 13.8. The molecular formula is C39H35NOS6. The summed E-state index contributed by atoms with van der Waals surface area (Å²) in [4.78, 5) is 13.7. The van der Waals surface area contributed by atoms with Crippen molar-refractivity contribution in [1.29, 1.82) is 0 Å². The van der Waals surface area contributed by atoms with Gasteiger partial charge in [0.2, 0.25) is 0 Å². The quantitative estimate of drug-likeness (QED) is 0.166. The zero-order valence-corrected chi connectivity index (χ0v) is 32.8. The van der Waals surface area contributed by atoms with Gasteiger partial charge in [0.25, 0.3) is 0 Å². The van der Waals surface area contributed by atoms with E-state index >= 15 is 0 Å². The molecule has 0 bridgehead atoms. The van der Waals surface area contributed by atoms with E-state index in [-0.39, 0.29) is 0 Å². The zero-order valence-electron chi connectivity index (χ0n) is 27.9. The van der Waals surface area contributed by atoms with Gasteiger partial charge < -0.3 is 9.30 Å². The number of hydrogen-bond acceptors (Lipinski definition) is 7. The Labute approximate surface area is 300 Å². The Morgan fingerprint density at radius 2 is 0.830 bits per heavy atom. The van der Waals surface area contributed by atoms with Crippen molar-refractivity contribution in [3.8, 4) is 54.6 Å². The standard InChI is InChI=1S/C39H35NOS6/c1-18-14-28(22(5)42-18)32-34-38(46-36(32)30-16-20(3)44-24(30)7)39-35(40(34)26-10-12-27(41-9)13-11-26)33(29-15-19(2)43-23(29)6)37(47-39)31-17-21(4)45-25(31)8/h10-17H,1-9H3. The molecule has 0 radical (unpaired) electrons. The number of aryl methyl sites for hydroxylation is 8. The van der Waals surface area contributed by atoms with Crippen LogP contribution in [-0.2, 0) is 0 Å². The summed E-state index contributed by atoms with van der Waals surface area (Å²) in [7, 11) is 1.74. The van der Waals surface area contributed by atoms with Crippen LogP contribution in [0.3, 0.4) is 0 Å². The highest BCUT2D eigenvalue weighted by atomic mass is 32.1. The van der Waals surface area contributed by atoms with Gasteiger partial charge in [-0.15, -0.1) is 68.0 Å². The molecule has 0 saturated carbocycles. The molecule has 0 fully saturated rings. The maximum absolute atomic E-state index is 5.64. The van der Waals surface area contributed by atoms with Crippen molar-refractivity contribution in [1.82, 2.24) is 4.57 Å². The van der Waals surface area contributed by atoms with Crippen molar-refractivity contribution in [2.24, 2.45) is 0 Å². The average Bonchev–Trinajstić information content (AvgIpc) is 3.87. The number of rotatable bonds is 6. The molecule has 0 unspecified atom stereocenters. The number of hydrogen-bond donors (Lipinski definition) is 0. The lowest BCUT2D eigenvalue weighted by atomic mass is 10.0. The van der Waals surface area contributed by atoms with E-state index in [1.54, 1.807) is 7.11 Å². The van der Waals surface area contributed by atoms with E-state index in [4.69, 9.17) is 4.74 Å². The predicted octanol–water partition coefficient (Wildman–Crippen LogP) is 14.3. The first kappa shape index (κ1) is 31.3. The molecule has 0 aliphatic rings. The molecule has 2 nitrogen and oxygen atoms in total. The fraction of sp³-hybridized carbons (Fsp3) is 0.231. The van der Waals surface area contributed by atoms with Crippen molar-refractivity contribution < 1.29 is 4.74 Å². The monoisotopic (exact) mass is 725 g/mol. The Hall–Kier alpha value is -2.98. The molecule has 0 aliphatic heterocycles. The summed E-state index contributed by atoms with van der Waals surface area (Å²) in [6.45, 7) is 18.1. The first-order chi connectivity index (χ1) is 22.5. The first-order valence-corrected chi connectivity index (χ1v) is 20.5. The van der Waals surface area contributed by atoms with E-state index in [1.807, 2.05) is 68.0 Å². The van der Waals surface area contributed by atoms with E-state index < -0.39 is 0 Å². The third-order valence-corrected chi connectivity index (χ3v) is 15.4. The smallest absolute Gasteiger partial charge is 0.119 e. The summed E-state index contributed by atoms with van der Waals surface area (Å²) in [5, 5.41) is 0. The van der Waals surface area contributed by atoms with E-state index in [0.717, 1.165) is 11.4 Å². The molecule has 47 heavy (non-hydrogen) atoms. The molecule has 8 rings (SSSR count). The number of benzene rings is 1. The van der Waals surface area contributed by atoms with Gasteiger partial charge in [-0.2, -0.15) is 0 Å². The Kier molecular flexibility index (Phi) is 7.71. The topological polar surface area (TPSA) is 14.2 Å². The van der Waals surface area contributed by atoms with Crippen LogP contribution in [0, 0.1) is 55.4 Å². The normalized spacial score (nSPS) is 11.9. The second kappa shape index (κ2) is 11.6. The summed E-state index contributed by atoms with van der Waals surface area (Å²) in [6, 6.07) is 18.3. The molecule has 238 valence electrons. The number of thiophene rings is 6. The van der Waals surface area contributed by atoms with Crippen molar-refractivity contribution >= 4 is 88.5 Å². The number of fused-ring (bicyclic) bond motifs is 3. The minimum Gasteiger partial charge on any atom is -0.497 e. The molecule has 0 N–H and O–H groups in total. The molecule has 7 heterocycles. The zero-order chi connectivity index (χ0) is 32.9. The second-order valence-corrected chi connectivity index (χ2v) is 20.2. The summed E-state index contributed by atoms with van der Waals surface area (Å²) in [5.74, 6) is 0.869. The van der Waals surface area contributed by atoms with Gasteiger partial charge in [-0.25, -0.2) is 0 Å². The van der Waals surface area contributed by atoms with Crippen LogP contribution in [0.15, 0.2) is 48.5 Å². The van der Waals surface area contributed by atoms with E-state index in [1.165, 1.54) is 103 Å². The van der Waals surface area contributed by atoms with Gasteiger partial charge in [-0.1, -0.05) is 0 Å². The maximum atomic E-state index is 5.64. The number of aromatic nitrogens is 1. The summed E-state index contributed by atoms with van der Waals surface area (Å²) in [5.41, 5.74) is 12.0. The molecule has 0 spiro atoms. The van der Waals surface area contributed by atoms with Crippen LogP contribution in [0.5, 0.6) is 5.75 Å². The van der Waals surface area contributed by atoms with Crippen LogP contribution in [-0.4, -0.2) is 11.7 Å². The van der Waals surface area contributed by atoms with Crippen LogP contribution in [0.4, 0.5) is 0 Å². The van der Waals surface area contributed by atoms with Gasteiger partial charge in [0.1, 0.15) is 5.75 Å². The minimum absolute atomic E-state index is 0.869. The van der Waals surface area contributed by atoms with E-state index in [0.29, 0.717) is 0 Å². The Balaban J connectivity index is 1.61. The Morgan fingerprint density at radius 1 is 0.468 bits per heavy atom. The summed E-state index contributed by atoms with van der Waals surface area (Å²) in [6.07, 6.45) is 0. The van der Waals surface area contributed by atoms with Gasteiger partial charge >= 0.3 is 0 Å². The highest BCUT2D eigenvalue weighted by Gasteiger charge is 2.32. The largest absolute Gasteiger partial charge is 0.497 e. The van der Waals surface area contributed by atoms with Crippen LogP contribution in [0.1, 0.15) is 39.0 Å². The number of ether oxygens (including phenoxy) is 1. The van der Waals surface area contributed by atoms with Crippen LogP contribution >= 0.6 is 68.0 Å². The summed E-state index contributed by atoms with van der Waals surface area (Å²) >= 11 is 11.6. The Morgan fingerprint density at radius 3 is 1.15 bits per heavy atom. The van der Waals surface area contributed by atoms with Gasteiger partial charge in [-0.05, 0) is 115 Å². The van der Waals surface area contributed by atoms with Crippen molar-refractivity contribution in [3.05, 3.63) is 87.5 Å². The first-order valence-electron chi connectivity index (χ1n) is 15.6. The molecule has 0 atom stereocenters. The SMILES string of the molecule is COc1ccc(-n2c3c(-c4cc(C)sc4C)c(-c4cc(C)sc4C)sc3c3sc(-c4cc(C)sc4C)c(-c4cc(C)sc4C)c32)cc1. The van der Waals surface area contributed by atoms with Crippen LogP contribution in [0.25, 0.3) is 69.3 Å². The minimum atomic E-state index is 0.869. The molecule has 7 aromatic heterocycles. The van der Waals surface area contributed by atoms with Crippen molar-refractivity contribution in [2.75, 3.05) is 7.11 Å². The lowest BCUT2D eigenvalue weighted by Gasteiger charge is -2.14. The second-order valence-electron chi connectivity index (χ2n) is 12.3. The van der Waals surface area contributed by atoms with Gasteiger partial charge in [-0.3, -0.25) is 0 Å². The van der Waals surface area contributed by atoms with Gasteiger partial charge in [0, 0.05) is 76.7 Å². The highest BCUT2D eigenvalue weighted by molar-refractivity contribution is 7.31. The molecule has 0 saturated heterocycles. The fourth-order valence-electron chi connectivity index (χ4n) is 7.03. The van der Waals surface area contributed by atoms with E-state index in [9.17, 15) is 0 Å². The summed E-state index contributed by atoms with van der Waals surface area (Å²) < 4.78 is 11.0. The molecule has 8 aromatic rings. The van der Waals surface area contributed by atoms with Crippen molar-refractivity contribution in [3.63, 3.8) is 0 Å². The number of nitrogens with zero attached hydrogens (tertiary/aromatic N) is 1. The average molecular weight is 726 g/mol. The van der Waals surface area contributed by atoms with Gasteiger partial charge in [0.15, 0.2) is 0 Å². The van der Waals surface area contributed by atoms with Crippen LogP contribution in [0.2, 0.25) is 0 Å². The molecule has 8 heteroatoms. The van der Waals surface area contributed by atoms with Crippen LogP contribution < -0.4 is 4.74 Å².